The van der Waals surface area contributed by atoms with Crippen molar-refractivity contribution in [1.29, 1.82) is 0 Å². The minimum absolute atomic E-state index is 0.0787. The zero-order chi connectivity index (χ0) is 49.8. The van der Waals surface area contributed by atoms with Crippen LogP contribution in [0.2, 0.25) is 10.0 Å². The topological polar surface area (TPSA) is 249 Å². The van der Waals surface area contributed by atoms with Crippen LogP contribution in [-0.4, -0.2) is 91.3 Å². The standard InChI is InChI=1S/C22H23ClFN7O2.C18H18ClFN6O.C7H9N3O/c1-12-6-13(23)7-18(33-5-4-31-9-14(24)8-26-31)19(12)20-16-10-30(22(32)27-15-2-3-15)11-17(16)28-21(25)29-20;1-10-4-11(19)5-15(27-3-2-26-9-12(20)6-23-26)16(10)17-13-7-22-8-14(13)24-18(21)25-17;11-7(9-6-1-2-6)10-4-3-8-5-10/h6-9,15H,2-5,10-11H2,1H3,(H,27,32)(H2,25,28,29);4-6,9,22H,2-3,7-8H2,1H3,(H2,21,24,25);3-6H,1-2H2,(H,9,11). The normalized spacial score (nSPS) is 14.4. The molecule has 0 spiro atoms. The van der Waals surface area contributed by atoms with Crippen LogP contribution in [0.1, 0.15) is 59.3 Å². The highest BCUT2D eigenvalue weighted by Gasteiger charge is 2.33. The Hall–Kier alpha value is -7.43. The first-order valence-corrected chi connectivity index (χ1v) is 23.6. The van der Waals surface area contributed by atoms with E-state index in [0.29, 0.717) is 79.2 Å². The first-order chi connectivity index (χ1) is 34.2. The maximum Gasteiger partial charge on any atom is 0.327 e. The van der Waals surface area contributed by atoms with Crippen LogP contribution < -0.4 is 36.9 Å². The quantitative estimate of drug-likeness (QED) is 0.0866. The van der Waals surface area contributed by atoms with Gasteiger partial charge in [0.1, 0.15) is 31.0 Å². The van der Waals surface area contributed by atoms with Crippen molar-refractivity contribution in [2.24, 2.45) is 0 Å². The molecule has 0 bridgehead atoms. The highest BCUT2D eigenvalue weighted by atomic mass is 35.5. The van der Waals surface area contributed by atoms with Gasteiger partial charge in [0.05, 0.1) is 73.7 Å². The van der Waals surface area contributed by atoms with E-state index in [4.69, 9.17) is 44.1 Å². The first-order valence-electron chi connectivity index (χ1n) is 22.8. The van der Waals surface area contributed by atoms with Gasteiger partial charge in [-0.15, -0.1) is 0 Å². The van der Waals surface area contributed by atoms with Crippen LogP contribution in [0.5, 0.6) is 11.5 Å². The van der Waals surface area contributed by atoms with E-state index >= 15 is 0 Å². The maximum atomic E-state index is 13.2. The Kier molecular flexibility index (Phi) is 14.6. The van der Waals surface area contributed by atoms with Crippen LogP contribution >= 0.6 is 23.2 Å². The van der Waals surface area contributed by atoms with Crippen LogP contribution in [0, 0.1) is 25.5 Å². The van der Waals surface area contributed by atoms with Gasteiger partial charge in [-0.05, 0) is 74.9 Å². The molecular weight excluding hydrogens is 962 g/mol. The summed E-state index contributed by atoms with van der Waals surface area (Å²) < 4.78 is 42.7. The number of benzene rings is 2. The van der Waals surface area contributed by atoms with E-state index in [0.717, 1.165) is 88.5 Å². The fourth-order valence-corrected chi connectivity index (χ4v) is 8.57. The number of rotatable bonds is 12. The summed E-state index contributed by atoms with van der Waals surface area (Å²) in [6.07, 6.45) is 13.9. The maximum absolute atomic E-state index is 13.2. The SMILES string of the molecule is Cc1cc(Cl)cc(OCCn2cc(F)cn2)c1-c1nc(N)nc2c1CN(C(=O)NC1CC1)C2.Cc1cc(Cl)cc(OCCn2cc(F)cn2)c1-c1nc(N)nc2c1CNC2.O=C(NC1CC1)n1ccnc1. The van der Waals surface area contributed by atoms with Gasteiger partial charge in [0, 0.05) is 69.9 Å². The lowest BCUT2D eigenvalue weighted by Gasteiger charge is -2.17. The molecule has 7 aromatic rings. The predicted molar refractivity (Wildman–Crippen MR) is 259 cm³/mol. The molecule has 370 valence electrons. The van der Waals surface area contributed by atoms with Gasteiger partial charge in [0.25, 0.3) is 0 Å². The highest BCUT2D eigenvalue weighted by Crippen LogP contribution is 2.41. The molecule has 2 saturated carbocycles. The summed E-state index contributed by atoms with van der Waals surface area (Å²) >= 11 is 12.6. The number of aryl methyl sites for hydroxylation is 2. The molecule has 7 N–H and O–H groups in total. The van der Waals surface area contributed by atoms with Crippen LogP contribution in [0.15, 0.2) is 67.8 Å². The van der Waals surface area contributed by atoms with Crippen molar-refractivity contribution in [1.82, 2.24) is 69.9 Å². The molecule has 24 heteroatoms. The second-order valence-electron chi connectivity index (χ2n) is 17.3. The molecule has 4 aliphatic rings. The number of nitrogens with one attached hydrogen (secondary N) is 3. The summed E-state index contributed by atoms with van der Waals surface area (Å²) in [5.74, 6) is 0.680. The minimum Gasteiger partial charge on any atom is -0.491 e. The van der Waals surface area contributed by atoms with Crippen molar-refractivity contribution in [3.8, 4) is 34.0 Å². The molecule has 2 aliphatic carbocycles. The number of anilines is 2. The number of hydrogen-bond donors (Lipinski definition) is 5. The van der Waals surface area contributed by atoms with Crippen molar-refractivity contribution in [2.75, 3.05) is 24.7 Å². The second-order valence-corrected chi connectivity index (χ2v) is 18.2. The number of urea groups is 1. The smallest absolute Gasteiger partial charge is 0.327 e. The number of carbonyl (C=O) groups excluding carboxylic acids is 2. The monoisotopic (exact) mass is 1010 g/mol. The number of halogens is 4. The Labute approximate surface area is 416 Å². The highest BCUT2D eigenvalue weighted by molar-refractivity contribution is 6.31. The number of nitrogens with two attached hydrogens (primary N) is 2. The van der Waals surface area contributed by atoms with Crippen LogP contribution in [-0.2, 0) is 39.3 Å². The molecule has 20 nitrogen and oxygen atoms in total. The average Bonchev–Trinajstić information content (AvgIpc) is 3.85. The van der Waals surface area contributed by atoms with Gasteiger partial charge in [-0.25, -0.2) is 43.3 Å². The van der Waals surface area contributed by atoms with Crippen molar-refractivity contribution in [2.45, 2.75) is 90.9 Å². The van der Waals surface area contributed by atoms with Crippen LogP contribution in [0.4, 0.5) is 30.3 Å². The van der Waals surface area contributed by atoms with Crippen LogP contribution in [0.25, 0.3) is 22.5 Å². The molecule has 2 fully saturated rings. The Balaban J connectivity index is 0.000000147. The third-order valence-corrected chi connectivity index (χ3v) is 12.1. The molecule has 71 heavy (non-hydrogen) atoms. The lowest BCUT2D eigenvalue weighted by Crippen LogP contribution is -2.37. The summed E-state index contributed by atoms with van der Waals surface area (Å²) in [6.45, 7) is 7.22. The molecule has 0 unspecified atom stereocenters. The number of aromatic nitrogens is 10. The Morgan fingerprint density at radius 2 is 1.27 bits per heavy atom. The molecule has 5 aromatic heterocycles. The zero-order valence-electron chi connectivity index (χ0n) is 38.7. The van der Waals surface area contributed by atoms with Gasteiger partial charge in [0.15, 0.2) is 11.6 Å². The lowest BCUT2D eigenvalue weighted by atomic mass is 10.00. The molecular formula is C47H50Cl2F2N16O4. The summed E-state index contributed by atoms with van der Waals surface area (Å²) in [5, 5.41) is 18.0. The van der Waals surface area contributed by atoms with E-state index in [1.165, 1.54) is 32.7 Å². The number of nitrogens with zero attached hydrogens (tertiary/aromatic N) is 11. The van der Waals surface area contributed by atoms with Gasteiger partial charge in [-0.3, -0.25) is 13.9 Å². The van der Waals surface area contributed by atoms with Gasteiger partial charge in [0.2, 0.25) is 11.9 Å². The summed E-state index contributed by atoms with van der Waals surface area (Å²) in [4.78, 5) is 46.9. The zero-order valence-corrected chi connectivity index (χ0v) is 40.2. The number of hydrogen-bond acceptors (Lipinski definition) is 14. The number of nitrogen functional groups attached to an aromatic ring is 2. The number of fused-ring (bicyclic) bond motifs is 2. The molecule has 2 aromatic carbocycles. The molecule has 2 aliphatic heterocycles. The van der Waals surface area contributed by atoms with Crippen molar-refractivity contribution in [3.05, 3.63) is 123 Å². The predicted octanol–water partition coefficient (Wildman–Crippen LogP) is 6.60. The lowest BCUT2D eigenvalue weighted by molar-refractivity contribution is 0.197. The summed E-state index contributed by atoms with van der Waals surface area (Å²) in [7, 11) is 0. The largest absolute Gasteiger partial charge is 0.491 e. The summed E-state index contributed by atoms with van der Waals surface area (Å²) in [6, 6.07) is 7.62. The van der Waals surface area contributed by atoms with Crippen molar-refractivity contribution in [3.63, 3.8) is 0 Å². The fourth-order valence-electron chi connectivity index (χ4n) is 8.05. The van der Waals surface area contributed by atoms with Gasteiger partial charge in [-0.1, -0.05) is 23.2 Å². The molecule has 0 atom stereocenters. The molecule has 7 heterocycles. The van der Waals surface area contributed by atoms with E-state index < -0.39 is 5.82 Å². The molecule has 0 saturated heterocycles. The number of imidazole rings is 1. The summed E-state index contributed by atoms with van der Waals surface area (Å²) in [5.41, 5.74) is 20.1. The van der Waals surface area contributed by atoms with E-state index in [9.17, 15) is 18.4 Å². The van der Waals surface area contributed by atoms with E-state index in [2.05, 4.69) is 51.1 Å². The Morgan fingerprint density at radius 1 is 0.732 bits per heavy atom. The van der Waals surface area contributed by atoms with Gasteiger partial charge in [-0.2, -0.15) is 10.2 Å². The minimum atomic E-state index is -0.406. The van der Waals surface area contributed by atoms with Crippen molar-refractivity contribution >= 4 is 47.2 Å². The van der Waals surface area contributed by atoms with Crippen LogP contribution in [0.3, 0.4) is 0 Å². The van der Waals surface area contributed by atoms with Gasteiger partial charge >= 0.3 is 12.1 Å². The Bertz CT molecular complexity index is 3070. The fraction of sp³-hybridized carbons (Fsp3) is 0.340. The molecule has 11 rings (SSSR count). The van der Waals surface area contributed by atoms with Gasteiger partial charge < -0.3 is 41.8 Å². The van der Waals surface area contributed by atoms with E-state index in [-0.39, 0.29) is 42.4 Å². The second kappa shape index (κ2) is 21.3. The first kappa shape index (κ1) is 48.6. The average molecular weight is 1010 g/mol. The number of carbonyl (C=O) groups is 2. The van der Waals surface area contributed by atoms with Crippen molar-refractivity contribution < 1.29 is 27.8 Å². The molecule has 3 amide bonds. The number of ether oxygens (including phenoxy) is 2. The van der Waals surface area contributed by atoms with E-state index in [1.807, 2.05) is 26.0 Å². The molecule has 0 radical (unpaired) electrons. The van der Waals surface area contributed by atoms with E-state index in [1.54, 1.807) is 29.4 Å². The Morgan fingerprint density at radius 3 is 1.77 bits per heavy atom. The third-order valence-electron chi connectivity index (χ3n) is 11.7. The third kappa shape index (κ3) is 12.1. The number of amides is 3.